The van der Waals surface area contributed by atoms with Crippen LogP contribution >= 0.6 is 0 Å². The summed E-state index contributed by atoms with van der Waals surface area (Å²) in [7, 11) is 0. The van der Waals surface area contributed by atoms with E-state index in [-0.39, 0.29) is 6.10 Å². The molecule has 1 unspecified atom stereocenters. The Morgan fingerprint density at radius 1 is 1.08 bits per heavy atom. The molecule has 0 saturated carbocycles. The van der Waals surface area contributed by atoms with Crippen LogP contribution < -0.4 is 0 Å². The number of benzene rings is 2. The second-order valence-corrected chi connectivity index (χ2v) is 6.78. The fourth-order valence-corrected chi connectivity index (χ4v) is 3.87. The maximum Gasteiger partial charge on any atom is 0.115 e. The molecule has 3 heteroatoms. The van der Waals surface area contributed by atoms with Gasteiger partial charge in [-0.1, -0.05) is 12.1 Å². The maximum atomic E-state index is 9.54. The standard InChI is InChI=1S/C21H23NO2/c1-13-11-18-17(12-19(22-18)20-5-3-4-10-24-20)14(2)21(13)15-6-8-16(23)9-7-15/h6-9,11-12,20,22-23H,3-5,10H2,1-2H3. The summed E-state index contributed by atoms with van der Waals surface area (Å²) in [6, 6.07) is 11.9. The first kappa shape index (κ1) is 15.3. The molecule has 0 spiro atoms. The van der Waals surface area contributed by atoms with Crippen molar-refractivity contribution in [3.05, 3.63) is 53.2 Å². The Hall–Kier alpha value is -2.26. The highest BCUT2D eigenvalue weighted by molar-refractivity contribution is 5.92. The first-order valence-corrected chi connectivity index (χ1v) is 8.67. The predicted octanol–water partition coefficient (Wildman–Crippen LogP) is 5.40. The van der Waals surface area contributed by atoms with E-state index in [2.05, 4.69) is 31.0 Å². The molecule has 1 aliphatic heterocycles. The van der Waals surface area contributed by atoms with E-state index in [4.69, 9.17) is 4.74 Å². The number of H-pyrrole nitrogens is 1. The zero-order valence-electron chi connectivity index (χ0n) is 14.2. The molecule has 1 fully saturated rings. The van der Waals surface area contributed by atoms with Crippen molar-refractivity contribution < 1.29 is 9.84 Å². The van der Waals surface area contributed by atoms with E-state index < -0.39 is 0 Å². The van der Waals surface area contributed by atoms with E-state index in [1.54, 1.807) is 12.1 Å². The zero-order chi connectivity index (χ0) is 16.7. The van der Waals surface area contributed by atoms with Crippen LogP contribution in [0.25, 0.3) is 22.0 Å². The summed E-state index contributed by atoms with van der Waals surface area (Å²) >= 11 is 0. The SMILES string of the molecule is Cc1cc2[nH]c(C3CCCCO3)cc2c(C)c1-c1ccc(O)cc1. The molecule has 1 saturated heterocycles. The minimum Gasteiger partial charge on any atom is -0.508 e. The number of aryl methyl sites for hydroxylation is 2. The summed E-state index contributed by atoms with van der Waals surface area (Å²) in [5.74, 6) is 0.300. The third-order valence-electron chi connectivity index (χ3n) is 5.09. The highest BCUT2D eigenvalue weighted by Crippen LogP contribution is 2.36. The van der Waals surface area contributed by atoms with Crippen molar-refractivity contribution in [1.29, 1.82) is 0 Å². The molecule has 124 valence electrons. The maximum absolute atomic E-state index is 9.54. The summed E-state index contributed by atoms with van der Waals surface area (Å²) in [5, 5.41) is 10.8. The smallest absolute Gasteiger partial charge is 0.115 e. The molecule has 3 aromatic rings. The molecule has 2 aromatic carbocycles. The Balaban J connectivity index is 1.82. The third kappa shape index (κ3) is 2.59. The van der Waals surface area contributed by atoms with Crippen LogP contribution in [0.2, 0.25) is 0 Å². The number of phenols is 1. The van der Waals surface area contributed by atoms with Gasteiger partial charge in [0.2, 0.25) is 0 Å². The molecule has 0 bridgehead atoms. The number of nitrogens with one attached hydrogen (secondary N) is 1. The van der Waals surface area contributed by atoms with Crippen molar-refractivity contribution in [1.82, 2.24) is 4.98 Å². The van der Waals surface area contributed by atoms with E-state index in [1.165, 1.54) is 46.1 Å². The number of ether oxygens (including phenoxy) is 1. The van der Waals surface area contributed by atoms with Gasteiger partial charge in [-0.25, -0.2) is 0 Å². The van der Waals surface area contributed by atoms with Gasteiger partial charge in [0, 0.05) is 23.2 Å². The van der Waals surface area contributed by atoms with Gasteiger partial charge in [0.15, 0.2) is 0 Å². The van der Waals surface area contributed by atoms with Crippen LogP contribution in [0.4, 0.5) is 0 Å². The van der Waals surface area contributed by atoms with Crippen LogP contribution in [0.5, 0.6) is 5.75 Å². The van der Waals surface area contributed by atoms with Gasteiger partial charge < -0.3 is 14.8 Å². The summed E-state index contributed by atoms with van der Waals surface area (Å²) < 4.78 is 5.93. The average Bonchev–Trinajstić information content (AvgIpc) is 3.02. The van der Waals surface area contributed by atoms with Crippen LogP contribution in [-0.2, 0) is 4.74 Å². The highest BCUT2D eigenvalue weighted by Gasteiger charge is 2.19. The Morgan fingerprint density at radius 2 is 1.88 bits per heavy atom. The molecule has 1 atom stereocenters. The number of rotatable bonds is 2. The molecule has 2 heterocycles. The fraction of sp³-hybridized carbons (Fsp3) is 0.333. The molecule has 0 aliphatic carbocycles. The minimum absolute atomic E-state index is 0.197. The van der Waals surface area contributed by atoms with Gasteiger partial charge in [0.05, 0.1) is 6.10 Å². The molecule has 0 radical (unpaired) electrons. The van der Waals surface area contributed by atoms with Crippen molar-refractivity contribution in [3.8, 4) is 16.9 Å². The molecule has 0 amide bonds. The zero-order valence-corrected chi connectivity index (χ0v) is 14.2. The van der Waals surface area contributed by atoms with E-state index >= 15 is 0 Å². The quantitative estimate of drug-likeness (QED) is 0.664. The van der Waals surface area contributed by atoms with Gasteiger partial charge in [-0.05, 0) is 79.6 Å². The lowest BCUT2D eigenvalue weighted by molar-refractivity contribution is 0.0127. The number of hydrogen-bond donors (Lipinski definition) is 2. The summed E-state index contributed by atoms with van der Waals surface area (Å²) in [5.41, 5.74) is 7.27. The molecule has 4 rings (SSSR count). The first-order valence-electron chi connectivity index (χ1n) is 8.67. The molecule has 2 N–H and O–H groups in total. The van der Waals surface area contributed by atoms with E-state index in [1.807, 2.05) is 12.1 Å². The number of aromatic nitrogens is 1. The Kier molecular flexibility index (Phi) is 3.81. The van der Waals surface area contributed by atoms with Crippen LogP contribution in [0.3, 0.4) is 0 Å². The van der Waals surface area contributed by atoms with E-state index in [0.29, 0.717) is 5.75 Å². The lowest BCUT2D eigenvalue weighted by Crippen LogP contribution is -2.11. The normalized spacial score (nSPS) is 18.2. The summed E-state index contributed by atoms with van der Waals surface area (Å²) in [6.07, 6.45) is 3.69. The summed E-state index contributed by atoms with van der Waals surface area (Å²) in [4.78, 5) is 3.57. The molecule has 24 heavy (non-hydrogen) atoms. The van der Waals surface area contributed by atoms with Crippen LogP contribution in [0.15, 0.2) is 36.4 Å². The average molecular weight is 321 g/mol. The van der Waals surface area contributed by atoms with Gasteiger partial charge in [-0.2, -0.15) is 0 Å². The minimum atomic E-state index is 0.197. The number of phenolic OH excluding ortho intramolecular Hbond substituents is 1. The number of hydrogen-bond acceptors (Lipinski definition) is 2. The largest absolute Gasteiger partial charge is 0.508 e. The number of aromatic hydroxyl groups is 1. The highest BCUT2D eigenvalue weighted by atomic mass is 16.5. The lowest BCUT2D eigenvalue weighted by atomic mass is 9.93. The van der Waals surface area contributed by atoms with Crippen molar-refractivity contribution >= 4 is 10.9 Å². The monoisotopic (exact) mass is 321 g/mol. The fourth-order valence-electron chi connectivity index (χ4n) is 3.87. The predicted molar refractivity (Wildman–Crippen MR) is 97.4 cm³/mol. The molecule has 1 aliphatic rings. The molecule has 1 aromatic heterocycles. The molecule has 3 nitrogen and oxygen atoms in total. The lowest BCUT2D eigenvalue weighted by Gasteiger charge is -2.21. The molecular formula is C21H23NO2. The first-order chi connectivity index (χ1) is 11.6. The number of fused-ring (bicyclic) bond motifs is 1. The third-order valence-corrected chi connectivity index (χ3v) is 5.09. The van der Waals surface area contributed by atoms with Crippen LogP contribution in [0.1, 0.15) is 42.2 Å². The second-order valence-electron chi connectivity index (χ2n) is 6.78. The van der Waals surface area contributed by atoms with Crippen LogP contribution in [0, 0.1) is 13.8 Å². The van der Waals surface area contributed by atoms with Gasteiger partial charge in [0.25, 0.3) is 0 Å². The van der Waals surface area contributed by atoms with E-state index in [0.717, 1.165) is 18.6 Å². The topological polar surface area (TPSA) is 45.2 Å². The summed E-state index contributed by atoms with van der Waals surface area (Å²) in [6.45, 7) is 5.18. The Morgan fingerprint density at radius 3 is 2.58 bits per heavy atom. The Labute approximate surface area is 142 Å². The van der Waals surface area contributed by atoms with Crippen molar-refractivity contribution in [2.45, 2.75) is 39.2 Å². The van der Waals surface area contributed by atoms with Crippen LogP contribution in [-0.4, -0.2) is 16.7 Å². The van der Waals surface area contributed by atoms with Gasteiger partial charge in [0.1, 0.15) is 5.75 Å². The van der Waals surface area contributed by atoms with E-state index in [9.17, 15) is 5.11 Å². The van der Waals surface area contributed by atoms with Gasteiger partial charge in [-0.3, -0.25) is 0 Å². The molecular weight excluding hydrogens is 298 g/mol. The van der Waals surface area contributed by atoms with Crippen molar-refractivity contribution in [2.24, 2.45) is 0 Å². The van der Waals surface area contributed by atoms with Crippen molar-refractivity contribution in [2.75, 3.05) is 6.61 Å². The van der Waals surface area contributed by atoms with Gasteiger partial charge in [-0.15, -0.1) is 0 Å². The van der Waals surface area contributed by atoms with Crippen molar-refractivity contribution in [3.63, 3.8) is 0 Å². The second kappa shape index (κ2) is 5.99. The number of aromatic amines is 1. The van der Waals surface area contributed by atoms with Gasteiger partial charge >= 0.3 is 0 Å². The Bertz CT molecular complexity index is 871.